The van der Waals surface area contributed by atoms with E-state index in [9.17, 15) is 33.3 Å². The molecule has 0 amide bonds. The molecule has 1 aliphatic heterocycles. The molecule has 4 heterocycles. The largest absolute Gasteiger partial charge is 0.508 e. The summed E-state index contributed by atoms with van der Waals surface area (Å²) in [6.45, 7) is 1.10. The second kappa shape index (κ2) is 10.9. The van der Waals surface area contributed by atoms with Crippen molar-refractivity contribution in [2.75, 3.05) is 30.3 Å². The molecule has 1 fully saturated rings. The monoisotopic (exact) mass is 573 g/mol. The Morgan fingerprint density at radius 1 is 1.18 bits per heavy atom. The van der Waals surface area contributed by atoms with Gasteiger partial charge in [-0.25, -0.2) is 9.78 Å². The van der Waals surface area contributed by atoms with Gasteiger partial charge in [0.05, 0.1) is 16.9 Å². The third-order valence-electron chi connectivity index (χ3n) is 6.91. The summed E-state index contributed by atoms with van der Waals surface area (Å²) in [5, 5.41) is 32.5. The van der Waals surface area contributed by atoms with Crippen LogP contribution in [-0.2, 0) is 6.18 Å². The third kappa shape index (κ3) is 5.67. The maximum Gasteiger partial charge on any atom is 0.417 e. The number of nitrogens with one attached hydrogen (secondary N) is 1. The maximum absolute atomic E-state index is 13.9. The number of halogens is 3. The van der Waals surface area contributed by atoms with Crippen LogP contribution in [0.4, 0.5) is 24.7 Å². The molecule has 1 atom stereocenters. The van der Waals surface area contributed by atoms with Crippen molar-refractivity contribution in [3.63, 3.8) is 0 Å². The molecule has 0 spiro atoms. The van der Waals surface area contributed by atoms with Crippen LogP contribution in [0, 0.1) is 0 Å². The fraction of sp³-hybridized carbons (Fsp3) is 0.296. The zero-order valence-electron chi connectivity index (χ0n) is 21.0. The van der Waals surface area contributed by atoms with Gasteiger partial charge in [0.15, 0.2) is 0 Å². The molecule has 1 unspecified atom stereocenters. The van der Waals surface area contributed by atoms with E-state index in [0.717, 1.165) is 17.2 Å². The number of phenols is 1. The molecule has 5 rings (SSSR count). The average Bonchev–Trinajstić information content (AvgIpc) is 3.27. The first kappa shape index (κ1) is 27.6. The fourth-order valence-electron chi connectivity index (χ4n) is 4.81. The van der Waals surface area contributed by atoms with Gasteiger partial charge < -0.3 is 31.3 Å². The van der Waals surface area contributed by atoms with Gasteiger partial charge in [-0.3, -0.25) is 4.98 Å². The molecule has 3 aromatic heterocycles. The normalized spacial score (nSPS) is 15.4. The molecule has 0 aliphatic carbocycles. The second-order valence-corrected chi connectivity index (χ2v) is 10.6. The van der Waals surface area contributed by atoms with E-state index in [1.54, 1.807) is 35.4 Å². The minimum absolute atomic E-state index is 0.0271. The molecule has 0 saturated carbocycles. The summed E-state index contributed by atoms with van der Waals surface area (Å²) in [6, 6.07) is 11.3. The summed E-state index contributed by atoms with van der Waals surface area (Å²) >= 11 is 0.631. The van der Waals surface area contributed by atoms with Crippen LogP contribution in [0.25, 0.3) is 21.3 Å². The number of pyridine rings is 2. The first-order valence-electron chi connectivity index (χ1n) is 12.5. The Morgan fingerprint density at radius 3 is 2.55 bits per heavy atom. The number of aliphatic hydroxyl groups is 1. The van der Waals surface area contributed by atoms with E-state index in [1.807, 2.05) is 12.1 Å². The number of aromatic nitrogens is 2. The van der Waals surface area contributed by atoms with Gasteiger partial charge in [-0.05, 0) is 42.7 Å². The van der Waals surface area contributed by atoms with Gasteiger partial charge in [0.1, 0.15) is 27.4 Å². The lowest BCUT2D eigenvalue weighted by atomic mass is 10.0. The fourth-order valence-corrected chi connectivity index (χ4v) is 5.76. The Kier molecular flexibility index (Phi) is 7.53. The Bertz CT molecular complexity index is 1540. The van der Waals surface area contributed by atoms with Gasteiger partial charge in [0.2, 0.25) is 0 Å². The molecule has 40 heavy (non-hydrogen) atoms. The van der Waals surface area contributed by atoms with Crippen LogP contribution in [0.3, 0.4) is 0 Å². The zero-order valence-corrected chi connectivity index (χ0v) is 21.8. The minimum Gasteiger partial charge on any atom is -0.508 e. The number of benzene rings is 1. The number of piperidine rings is 1. The SMILES string of the molecule is Nc1c(C(=O)O)sc2nc(N3CCC(NCC(O)c4ccc(-c5cccc(O)c5)cn4)CC3)cc(C(F)(F)F)c12. The molecule has 1 aromatic carbocycles. The zero-order chi connectivity index (χ0) is 28.6. The highest BCUT2D eigenvalue weighted by molar-refractivity contribution is 7.21. The van der Waals surface area contributed by atoms with Crippen LogP contribution in [-0.4, -0.2) is 56.9 Å². The van der Waals surface area contributed by atoms with Crippen molar-refractivity contribution in [3.05, 3.63) is 64.8 Å². The molecule has 1 saturated heterocycles. The smallest absolute Gasteiger partial charge is 0.417 e. The van der Waals surface area contributed by atoms with Gasteiger partial charge in [-0.1, -0.05) is 18.2 Å². The number of carbonyl (C=O) groups is 1. The van der Waals surface area contributed by atoms with E-state index >= 15 is 0 Å². The average molecular weight is 574 g/mol. The van der Waals surface area contributed by atoms with E-state index in [1.165, 1.54) is 0 Å². The van der Waals surface area contributed by atoms with Crippen molar-refractivity contribution < 1.29 is 33.3 Å². The van der Waals surface area contributed by atoms with E-state index in [0.29, 0.717) is 43.0 Å². The Labute approximate surface area is 230 Å². The number of nitrogen functional groups attached to an aromatic ring is 1. The molecule has 13 heteroatoms. The highest BCUT2D eigenvalue weighted by Gasteiger charge is 2.37. The van der Waals surface area contributed by atoms with Gasteiger partial charge in [-0.2, -0.15) is 13.2 Å². The summed E-state index contributed by atoms with van der Waals surface area (Å²) < 4.78 is 41.6. The number of rotatable bonds is 7. The number of nitrogens with two attached hydrogens (primary N) is 1. The minimum atomic E-state index is -4.73. The van der Waals surface area contributed by atoms with Crippen LogP contribution in [0.5, 0.6) is 5.75 Å². The Hall–Kier alpha value is -3.94. The predicted molar refractivity (Wildman–Crippen MR) is 146 cm³/mol. The number of fused-ring (bicyclic) bond motifs is 1. The molecule has 210 valence electrons. The van der Waals surface area contributed by atoms with Gasteiger partial charge in [0, 0.05) is 42.8 Å². The van der Waals surface area contributed by atoms with E-state index in [-0.39, 0.29) is 39.2 Å². The number of phenolic OH excluding ortho intramolecular Hbond substituents is 1. The van der Waals surface area contributed by atoms with Gasteiger partial charge in [-0.15, -0.1) is 11.3 Å². The van der Waals surface area contributed by atoms with E-state index < -0.39 is 29.5 Å². The first-order valence-corrected chi connectivity index (χ1v) is 13.3. The number of aromatic hydroxyl groups is 1. The lowest BCUT2D eigenvalue weighted by molar-refractivity contribution is -0.136. The van der Waals surface area contributed by atoms with Crippen molar-refractivity contribution in [2.45, 2.75) is 31.2 Å². The van der Waals surface area contributed by atoms with Crippen molar-refractivity contribution in [2.24, 2.45) is 0 Å². The molecule has 0 bridgehead atoms. The summed E-state index contributed by atoms with van der Waals surface area (Å²) in [4.78, 5) is 21.4. The number of hydrogen-bond acceptors (Lipinski definition) is 9. The Balaban J connectivity index is 1.22. The number of aromatic carboxylic acids is 1. The van der Waals surface area contributed by atoms with Crippen molar-refractivity contribution in [1.29, 1.82) is 0 Å². The van der Waals surface area contributed by atoms with Crippen LogP contribution < -0.4 is 16.0 Å². The van der Waals surface area contributed by atoms with Crippen molar-refractivity contribution in [3.8, 4) is 16.9 Å². The number of carboxylic acid groups (broad SMARTS) is 1. The standard InChI is InChI=1S/C27H26F3N5O4S/c28-27(29,30)18-11-21(34-25-22(18)23(31)24(40-25)26(38)39)35-8-6-16(7-9-35)32-13-20(37)19-5-4-15(12-33-19)14-2-1-3-17(36)10-14/h1-5,10-12,16,20,32,36-37H,6-9,13,31H2,(H,38,39). The first-order chi connectivity index (χ1) is 19.0. The quantitative estimate of drug-likeness (QED) is 0.213. The summed E-state index contributed by atoms with van der Waals surface area (Å²) in [5.74, 6) is -1.13. The molecular formula is C27H26F3N5O4S. The van der Waals surface area contributed by atoms with E-state index in [2.05, 4.69) is 15.3 Å². The molecule has 6 N–H and O–H groups in total. The highest BCUT2D eigenvalue weighted by Crippen LogP contribution is 2.43. The van der Waals surface area contributed by atoms with Crippen LogP contribution in [0.15, 0.2) is 48.7 Å². The molecular weight excluding hydrogens is 547 g/mol. The van der Waals surface area contributed by atoms with Crippen LogP contribution in [0.2, 0.25) is 0 Å². The van der Waals surface area contributed by atoms with E-state index in [4.69, 9.17) is 5.73 Å². The van der Waals surface area contributed by atoms with Gasteiger partial charge in [0.25, 0.3) is 0 Å². The van der Waals surface area contributed by atoms with Crippen LogP contribution in [0.1, 0.15) is 39.9 Å². The van der Waals surface area contributed by atoms with Crippen LogP contribution >= 0.6 is 11.3 Å². The number of anilines is 2. The Morgan fingerprint density at radius 2 is 1.93 bits per heavy atom. The topological polar surface area (TPSA) is 145 Å². The summed E-state index contributed by atoms with van der Waals surface area (Å²) in [6.07, 6.45) is -2.76. The molecule has 1 aliphatic rings. The van der Waals surface area contributed by atoms with Crippen molar-refractivity contribution in [1.82, 2.24) is 15.3 Å². The lowest BCUT2D eigenvalue weighted by Gasteiger charge is -2.34. The summed E-state index contributed by atoms with van der Waals surface area (Å²) in [5.41, 5.74) is 6.43. The predicted octanol–water partition coefficient (Wildman–Crippen LogP) is 4.66. The molecule has 9 nitrogen and oxygen atoms in total. The number of aliphatic hydroxyl groups excluding tert-OH is 1. The maximum atomic E-state index is 13.9. The second-order valence-electron chi connectivity index (χ2n) is 9.56. The third-order valence-corrected chi connectivity index (χ3v) is 8.00. The molecule has 4 aromatic rings. The highest BCUT2D eigenvalue weighted by atomic mass is 32.1. The molecule has 0 radical (unpaired) electrons. The van der Waals surface area contributed by atoms with Gasteiger partial charge >= 0.3 is 12.1 Å². The number of alkyl halides is 3. The summed E-state index contributed by atoms with van der Waals surface area (Å²) in [7, 11) is 0. The number of carboxylic acids is 1. The lowest BCUT2D eigenvalue weighted by Crippen LogP contribution is -2.44. The van der Waals surface area contributed by atoms with Crippen molar-refractivity contribution >= 4 is 39.0 Å². The number of thiophene rings is 1. The number of hydrogen-bond donors (Lipinski definition) is 5. The number of nitrogens with zero attached hydrogens (tertiary/aromatic N) is 3.